The van der Waals surface area contributed by atoms with Crippen molar-refractivity contribution in [3.8, 4) is 11.5 Å². The van der Waals surface area contributed by atoms with Crippen molar-refractivity contribution in [3.63, 3.8) is 0 Å². The maximum atomic E-state index is 12.6. The minimum Gasteiger partial charge on any atom is -0.497 e. The molecule has 0 saturated heterocycles. The Balaban J connectivity index is 1.61. The fraction of sp³-hybridized carbons (Fsp3) is 0.0417. The maximum absolute atomic E-state index is 12.6. The van der Waals surface area contributed by atoms with Crippen molar-refractivity contribution in [2.75, 3.05) is 7.11 Å². The molecule has 0 aliphatic carbocycles. The van der Waals surface area contributed by atoms with Gasteiger partial charge in [-0.1, -0.05) is 41.4 Å². The summed E-state index contributed by atoms with van der Waals surface area (Å²) in [4.78, 5) is 29.2. The van der Waals surface area contributed by atoms with E-state index in [9.17, 15) is 9.59 Å². The third-order valence-electron chi connectivity index (χ3n) is 4.52. The first-order valence-electron chi connectivity index (χ1n) is 9.38. The van der Waals surface area contributed by atoms with Crippen molar-refractivity contribution in [1.82, 2.24) is 0 Å². The number of cyclic esters (lactones) is 1. The standard InChI is InChI=1S/C24H15Cl2NO5/c1-30-17-9-6-14(7-10-17)22-27-20(24(29)32-22)12-15-4-2-3-5-21(15)31-23(28)18-11-8-16(25)13-19(18)26/h2-13H,1H3/b20-12+. The zero-order valence-corrected chi connectivity index (χ0v) is 18.2. The second kappa shape index (κ2) is 9.26. The summed E-state index contributed by atoms with van der Waals surface area (Å²) < 4.78 is 15.9. The van der Waals surface area contributed by atoms with Crippen LogP contribution in [0, 0.1) is 0 Å². The molecule has 0 atom stereocenters. The van der Waals surface area contributed by atoms with Crippen LogP contribution >= 0.6 is 23.2 Å². The van der Waals surface area contributed by atoms with E-state index in [1.54, 1.807) is 61.7 Å². The highest BCUT2D eigenvalue weighted by molar-refractivity contribution is 6.36. The molecule has 3 aromatic rings. The van der Waals surface area contributed by atoms with E-state index in [4.69, 9.17) is 37.4 Å². The molecule has 0 N–H and O–H groups in total. The van der Waals surface area contributed by atoms with E-state index in [1.807, 2.05) is 0 Å². The van der Waals surface area contributed by atoms with Gasteiger partial charge in [-0.25, -0.2) is 14.6 Å². The molecule has 1 aliphatic heterocycles. The molecular formula is C24H15Cl2NO5. The van der Waals surface area contributed by atoms with Crippen LogP contribution < -0.4 is 9.47 Å². The van der Waals surface area contributed by atoms with Crippen LogP contribution in [0.5, 0.6) is 11.5 Å². The zero-order valence-electron chi connectivity index (χ0n) is 16.7. The third-order valence-corrected chi connectivity index (χ3v) is 5.07. The number of halogens is 2. The molecule has 160 valence electrons. The van der Waals surface area contributed by atoms with Gasteiger partial charge in [-0.3, -0.25) is 0 Å². The number of esters is 2. The van der Waals surface area contributed by atoms with Crippen molar-refractivity contribution in [2.45, 2.75) is 0 Å². The Hall–Kier alpha value is -3.61. The lowest BCUT2D eigenvalue weighted by atomic mass is 10.1. The summed E-state index contributed by atoms with van der Waals surface area (Å²) in [6.45, 7) is 0. The number of carbonyl (C=O) groups is 2. The van der Waals surface area contributed by atoms with E-state index in [0.717, 1.165) is 0 Å². The summed E-state index contributed by atoms with van der Waals surface area (Å²) >= 11 is 12.0. The van der Waals surface area contributed by atoms with Gasteiger partial charge in [-0.15, -0.1) is 0 Å². The number of carbonyl (C=O) groups excluding carboxylic acids is 2. The first-order valence-corrected chi connectivity index (χ1v) is 10.1. The molecule has 3 aromatic carbocycles. The van der Waals surface area contributed by atoms with Gasteiger partial charge in [0.2, 0.25) is 5.90 Å². The monoisotopic (exact) mass is 467 g/mol. The molecule has 32 heavy (non-hydrogen) atoms. The Kier molecular flexibility index (Phi) is 6.25. The molecule has 0 bridgehead atoms. The van der Waals surface area contributed by atoms with Gasteiger partial charge in [-0.2, -0.15) is 0 Å². The predicted molar refractivity (Wildman–Crippen MR) is 121 cm³/mol. The van der Waals surface area contributed by atoms with Crippen LogP contribution in [0.15, 0.2) is 77.4 Å². The number of hydrogen-bond acceptors (Lipinski definition) is 6. The Bertz CT molecular complexity index is 1270. The third kappa shape index (κ3) is 4.66. The Labute approximate surface area is 193 Å². The molecule has 0 fully saturated rings. The van der Waals surface area contributed by atoms with Crippen molar-refractivity contribution < 1.29 is 23.8 Å². The minimum absolute atomic E-state index is 0.0730. The molecule has 8 heteroatoms. The highest BCUT2D eigenvalue weighted by Crippen LogP contribution is 2.27. The van der Waals surface area contributed by atoms with Crippen molar-refractivity contribution >= 4 is 47.1 Å². The fourth-order valence-electron chi connectivity index (χ4n) is 2.92. The summed E-state index contributed by atoms with van der Waals surface area (Å²) in [6.07, 6.45) is 1.49. The quantitative estimate of drug-likeness (QED) is 0.278. The van der Waals surface area contributed by atoms with E-state index in [2.05, 4.69) is 4.99 Å². The van der Waals surface area contributed by atoms with Gasteiger partial charge in [0.25, 0.3) is 0 Å². The van der Waals surface area contributed by atoms with Crippen LogP contribution in [-0.4, -0.2) is 24.9 Å². The van der Waals surface area contributed by atoms with Crippen LogP contribution in [0.4, 0.5) is 0 Å². The predicted octanol–water partition coefficient (Wildman–Crippen LogP) is 5.57. The lowest BCUT2D eigenvalue weighted by Crippen LogP contribution is -2.10. The number of aliphatic imine (C=N–C) groups is 1. The minimum atomic E-state index is -0.658. The Morgan fingerprint density at radius 2 is 1.78 bits per heavy atom. The summed E-state index contributed by atoms with van der Waals surface area (Å²) in [7, 11) is 1.56. The fourth-order valence-corrected chi connectivity index (χ4v) is 3.40. The number of methoxy groups -OCH3 is 1. The molecule has 4 rings (SSSR count). The number of rotatable bonds is 5. The summed E-state index contributed by atoms with van der Waals surface area (Å²) in [6, 6.07) is 18.2. The van der Waals surface area contributed by atoms with Gasteiger partial charge >= 0.3 is 11.9 Å². The second-order valence-electron chi connectivity index (χ2n) is 6.62. The average molecular weight is 468 g/mol. The molecule has 6 nitrogen and oxygen atoms in total. The molecule has 0 amide bonds. The number of ether oxygens (including phenoxy) is 3. The maximum Gasteiger partial charge on any atom is 0.363 e. The summed E-state index contributed by atoms with van der Waals surface area (Å²) in [5, 5.41) is 0.577. The van der Waals surface area contributed by atoms with Crippen LogP contribution in [0.2, 0.25) is 10.0 Å². The molecular weight excluding hydrogens is 453 g/mol. The number of para-hydroxylation sites is 1. The first kappa shape index (κ1) is 21.6. The molecule has 1 heterocycles. The zero-order chi connectivity index (χ0) is 22.7. The SMILES string of the molecule is COc1ccc(C2=N/C(=C/c3ccccc3OC(=O)c3ccc(Cl)cc3Cl)C(=O)O2)cc1. The van der Waals surface area contributed by atoms with Crippen LogP contribution in [0.3, 0.4) is 0 Å². The largest absolute Gasteiger partial charge is 0.497 e. The summed E-state index contributed by atoms with van der Waals surface area (Å²) in [5.74, 6) is -0.194. The average Bonchev–Trinajstić information content (AvgIpc) is 3.15. The Morgan fingerprint density at radius 1 is 1.03 bits per heavy atom. The summed E-state index contributed by atoms with van der Waals surface area (Å²) in [5.41, 5.74) is 1.33. The molecule has 0 unspecified atom stereocenters. The normalized spacial score (nSPS) is 14.2. The van der Waals surface area contributed by atoms with E-state index < -0.39 is 11.9 Å². The molecule has 0 saturated carbocycles. The van der Waals surface area contributed by atoms with Gasteiger partial charge < -0.3 is 14.2 Å². The molecule has 1 aliphatic rings. The van der Waals surface area contributed by atoms with Crippen molar-refractivity contribution in [2.24, 2.45) is 4.99 Å². The van der Waals surface area contributed by atoms with Crippen molar-refractivity contribution in [3.05, 3.63) is 99.2 Å². The van der Waals surface area contributed by atoms with E-state index in [1.165, 1.54) is 18.2 Å². The van der Waals surface area contributed by atoms with E-state index >= 15 is 0 Å². The number of benzene rings is 3. The van der Waals surface area contributed by atoms with Gasteiger partial charge in [0, 0.05) is 16.1 Å². The topological polar surface area (TPSA) is 74.2 Å². The van der Waals surface area contributed by atoms with E-state index in [0.29, 0.717) is 21.9 Å². The van der Waals surface area contributed by atoms with Gasteiger partial charge in [0.05, 0.1) is 17.7 Å². The highest BCUT2D eigenvalue weighted by atomic mass is 35.5. The van der Waals surface area contributed by atoms with Gasteiger partial charge in [0.1, 0.15) is 11.5 Å². The molecule has 0 aromatic heterocycles. The molecule has 0 spiro atoms. The second-order valence-corrected chi connectivity index (χ2v) is 7.46. The Morgan fingerprint density at radius 3 is 2.50 bits per heavy atom. The first-order chi connectivity index (χ1) is 15.4. The van der Waals surface area contributed by atoms with Gasteiger partial charge in [-0.05, 0) is 54.6 Å². The van der Waals surface area contributed by atoms with Crippen LogP contribution in [0.1, 0.15) is 21.5 Å². The van der Waals surface area contributed by atoms with E-state index in [-0.39, 0.29) is 27.9 Å². The smallest absolute Gasteiger partial charge is 0.363 e. The molecule has 0 radical (unpaired) electrons. The lowest BCUT2D eigenvalue weighted by Gasteiger charge is -2.09. The number of nitrogens with zero attached hydrogens (tertiary/aromatic N) is 1. The van der Waals surface area contributed by atoms with Crippen LogP contribution in [0.25, 0.3) is 6.08 Å². The van der Waals surface area contributed by atoms with Crippen molar-refractivity contribution in [1.29, 1.82) is 0 Å². The van der Waals surface area contributed by atoms with Crippen LogP contribution in [-0.2, 0) is 9.53 Å². The lowest BCUT2D eigenvalue weighted by molar-refractivity contribution is -0.129. The van der Waals surface area contributed by atoms with Gasteiger partial charge in [0.15, 0.2) is 5.70 Å². The highest BCUT2D eigenvalue weighted by Gasteiger charge is 2.25. The number of hydrogen-bond donors (Lipinski definition) is 0.